The van der Waals surface area contributed by atoms with Gasteiger partial charge >= 0.3 is 0 Å². The minimum Gasteiger partial charge on any atom is -0.504 e. The molecule has 0 saturated heterocycles. The maximum atomic E-state index is 9.91. The zero-order valence-electron chi connectivity index (χ0n) is 16.5. The van der Waals surface area contributed by atoms with Crippen molar-refractivity contribution < 1.29 is 14.6 Å². The first-order valence-electron chi connectivity index (χ1n) is 9.14. The zero-order chi connectivity index (χ0) is 19.6. The fourth-order valence-electron chi connectivity index (χ4n) is 2.68. The molecule has 0 bridgehead atoms. The SMILES string of the molecule is CCNC(=NCc1ccc(OC)c(O)c1)N(C)Cc1ccc(OCC)cc1. The Hall–Kier alpha value is -2.89. The quantitative estimate of drug-likeness (QED) is 0.550. The average Bonchev–Trinajstić information content (AvgIpc) is 2.67. The highest BCUT2D eigenvalue weighted by Gasteiger charge is 2.08. The van der Waals surface area contributed by atoms with E-state index in [0.717, 1.165) is 30.4 Å². The second-order valence-electron chi connectivity index (χ2n) is 6.11. The van der Waals surface area contributed by atoms with E-state index in [9.17, 15) is 5.11 Å². The molecule has 2 aromatic carbocycles. The molecule has 2 rings (SSSR count). The number of methoxy groups -OCH3 is 1. The van der Waals surface area contributed by atoms with E-state index in [1.807, 2.05) is 39.1 Å². The minimum absolute atomic E-state index is 0.123. The number of phenols is 1. The van der Waals surface area contributed by atoms with Crippen LogP contribution in [-0.4, -0.2) is 43.3 Å². The number of benzene rings is 2. The maximum absolute atomic E-state index is 9.91. The highest BCUT2D eigenvalue weighted by atomic mass is 16.5. The second-order valence-corrected chi connectivity index (χ2v) is 6.11. The molecule has 0 aliphatic carbocycles. The van der Waals surface area contributed by atoms with Crippen LogP contribution in [0.5, 0.6) is 17.2 Å². The van der Waals surface area contributed by atoms with E-state index >= 15 is 0 Å². The van der Waals surface area contributed by atoms with Gasteiger partial charge in [-0.25, -0.2) is 4.99 Å². The molecule has 0 unspecified atom stereocenters. The first-order valence-corrected chi connectivity index (χ1v) is 9.14. The molecule has 0 aliphatic rings. The lowest BCUT2D eigenvalue weighted by atomic mass is 10.2. The summed E-state index contributed by atoms with van der Waals surface area (Å²) >= 11 is 0. The molecule has 0 aliphatic heterocycles. The second kappa shape index (κ2) is 10.3. The van der Waals surface area contributed by atoms with E-state index in [-0.39, 0.29) is 5.75 Å². The number of hydrogen-bond donors (Lipinski definition) is 2. The van der Waals surface area contributed by atoms with Crippen LogP contribution in [0, 0.1) is 0 Å². The number of guanidine groups is 1. The predicted molar refractivity (Wildman–Crippen MR) is 109 cm³/mol. The van der Waals surface area contributed by atoms with Gasteiger partial charge in [-0.3, -0.25) is 0 Å². The number of hydrogen-bond acceptors (Lipinski definition) is 4. The largest absolute Gasteiger partial charge is 0.504 e. The number of aromatic hydroxyl groups is 1. The molecule has 0 aromatic heterocycles. The molecule has 146 valence electrons. The third-order valence-electron chi connectivity index (χ3n) is 4.01. The number of phenolic OH excluding ortho intramolecular Hbond substituents is 1. The Bertz CT molecular complexity index is 745. The summed E-state index contributed by atoms with van der Waals surface area (Å²) in [6.45, 7) is 6.65. The van der Waals surface area contributed by atoms with Gasteiger partial charge in [-0.15, -0.1) is 0 Å². The maximum Gasteiger partial charge on any atom is 0.194 e. The molecule has 27 heavy (non-hydrogen) atoms. The summed E-state index contributed by atoms with van der Waals surface area (Å²) in [7, 11) is 3.54. The molecule has 2 N–H and O–H groups in total. The molecule has 6 nitrogen and oxygen atoms in total. The van der Waals surface area contributed by atoms with Crippen molar-refractivity contribution in [3.63, 3.8) is 0 Å². The predicted octanol–water partition coefficient (Wildman–Crippen LogP) is 3.40. The number of rotatable bonds is 8. The Morgan fingerprint density at radius 3 is 2.41 bits per heavy atom. The third kappa shape index (κ3) is 6.09. The van der Waals surface area contributed by atoms with Gasteiger partial charge in [0.15, 0.2) is 17.5 Å². The highest BCUT2D eigenvalue weighted by molar-refractivity contribution is 5.79. The van der Waals surface area contributed by atoms with E-state index < -0.39 is 0 Å². The smallest absolute Gasteiger partial charge is 0.194 e. The van der Waals surface area contributed by atoms with Crippen molar-refractivity contribution in [1.29, 1.82) is 0 Å². The summed E-state index contributed by atoms with van der Waals surface area (Å²) in [5, 5.41) is 13.2. The summed E-state index contributed by atoms with van der Waals surface area (Å²) < 4.78 is 10.6. The Labute approximate surface area is 161 Å². The van der Waals surface area contributed by atoms with Gasteiger partial charge in [-0.2, -0.15) is 0 Å². The molecule has 0 fully saturated rings. The van der Waals surface area contributed by atoms with Crippen LogP contribution in [0.4, 0.5) is 0 Å². The first-order chi connectivity index (χ1) is 13.1. The first kappa shape index (κ1) is 20.4. The van der Waals surface area contributed by atoms with Crippen LogP contribution in [0.25, 0.3) is 0 Å². The molecule has 6 heteroatoms. The van der Waals surface area contributed by atoms with Crippen molar-refractivity contribution in [2.24, 2.45) is 4.99 Å². The highest BCUT2D eigenvalue weighted by Crippen LogP contribution is 2.26. The lowest BCUT2D eigenvalue weighted by Gasteiger charge is -2.22. The van der Waals surface area contributed by atoms with Gasteiger partial charge < -0.3 is 24.8 Å². The molecule has 0 heterocycles. The summed E-state index contributed by atoms with van der Waals surface area (Å²) in [4.78, 5) is 6.75. The number of ether oxygens (including phenoxy) is 2. The van der Waals surface area contributed by atoms with Crippen LogP contribution in [0.3, 0.4) is 0 Å². The van der Waals surface area contributed by atoms with Gasteiger partial charge in [0.25, 0.3) is 0 Å². The number of nitrogens with one attached hydrogen (secondary N) is 1. The van der Waals surface area contributed by atoms with Gasteiger partial charge in [0.05, 0.1) is 20.3 Å². The van der Waals surface area contributed by atoms with Gasteiger partial charge in [-0.1, -0.05) is 18.2 Å². The lowest BCUT2D eigenvalue weighted by Crippen LogP contribution is -2.38. The van der Waals surface area contributed by atoms with Crippen molar-refractivity contribution in [2.45, 2.75) is 26.9 Å². The standard InChI is InChI=1S/C21H29N3O3/c1-5-22-21(23-14-17-9-12-20(26-4)19(25)13-17)24(3)15-16-7-10-18(11-8-16)27-6-2/h7-13,25H,5-6,14-15H2,1-4H3,(H,22,23). The van der Waals surface area contributed by atoms with Gasteiger partial charge in [0.2, 0.25) is 0 Å². The summed E-state index contributed by atoms with van der Waals surface area (Å²) in [5.41, 5.74) is 2.09. The van der Waals surface area contributed by atoms with E-state index in [4.69, 9.17) is 9.47 Å². The van der Waals surface area contributed by atoms with E-state index in [0.29, 0.717) is 18.9 Å². The Morgan fingerprint density at radius 1 is 1.11 bits per heavy atom. The summed E-state index contributed by atoms with van der Waals surface area (Å²) in [5.74, 6) is 2.27. The van der Waals surface area contributed by atoms with Crippen LogP contribution in [-0.2, 0) is 13.1 Å². The van der Waals surface area contributed by atoms with Crippen molar-refractivity contribution >= 4 is 5.96 Å². The van der Waals surface area contributed by atoms with Crippen LogP contribution < -0.4 is 14.8 Å². The molecule has 0 spiro atoms. The number of aliphatic imine (C=N–C) groups is 1. The van der Waals surface area contributed by atoms with E-state index in [1.165, 1.54) is 12.7 Å². The molecule has 0 saturated carbocycles. The normalized spacial score (nSPS) is 11.2. The Kier molecular flexibility index (Phi) is 7.79. The fraction of sp³-hybridized carbons (Fsp3) is 0.381. The van der Waals surface area contributed by atoms with Crippen molar-refractivity contribution in [2.75, 3.05) is 27.3 Å². The Balaban J connectivity index is 2.05. The lowest BCUT2D eigenvalue weighted by molar-refractivity contribution is 0.340. The fourth-order valence-corrected chi connectivity index (χ4v) is 2.68. The van der Waals surface area contributed by atoms with E-state index in [2.05, 4.69) is 27.3 Å². The topological polar surface area (TPSA) is 66.3 Å². The zero-order valence-corrected chi connectivity index (χ0v) is 16.5. The van der Waals surface area contributed by atoms with Gasteiger partial charge in [0, 0.05) is 20.1 Å². The van der Waals surface area contributed by atoms with Gasteiger partial charge in [-0.05, 0) is 49.2 Å². The average molecular weight is 371 g/mol. The molecule has 2 aromatic rings. The molecular weight excluding hydrogens is 342 g/mol. The van der Waals surface area contributed by atoms with Crippen molar-refractivity contribution in [3.05, 3.63) is 53.6 Å². The van der Waals surface area contributed by atoms with Crippen LogP contribution >= 0.6 is 0 Å². The summed E-state index contributed by atoms with van der Waals surface area (Å²) in [6, 6.07) is 13.4. The van der Waals surface area contributed by atoms with Crippen molar-refractivity contribution in [3.8, 4) is 17.2 Å². The van der Waals surface area contributed by atoms with Crippen LogP contribution in [0.2, 0.25) is 0 Å². The number of nitrogens with zero attached hydrogens (tertiary/aromatic N) is 2. The van der Waals surface area contributed by atoms with Crippen LogP contribution in [0.15, 0.2) is 47.5 Å². The molecule has 0 atom stereocenters. The van der Waals surface area contributed by atoms with Crippen molar-refractivity contribution in [1.82, 2.24) is 10.2 Å². The molecular formula is C21H29N3O3. The molecule has 0 amide bonds. The minimum atomic E-state index is 0.123. The summed E-state index contributed by atoms with van der Waals surface area (Å²) in [6.07, 6.45) is 0. The Morgan fingerprint density at radius 2 is 1.81 bits per heavy atom. The third-order valence-corrected chi connectivity index (χ3v) is 4.01. The molecule has 0 radical (unpaired) electrons. The monoisotopic (exact) mass is 371 g/mol. The van der Waals surface area contributed by atoms with E-state index in [1.54, 1.807) is 12.1 Å². The van der Waals surface area contributed by atoms with Crippen LogP contribution in [0.1, 0.15) is 25.0 Å². The van der Waals surface area contributed by atoms with Gasteiger partial charge in [0.1, 0.15) is 5.75 Å².